The molecule has 1 aromatic carbocycles. The van der Waals surface area contributed by atoms with Gasteiger partial charge in [-0.1, -0.05) is 29.8 Å². The number of halogens is 2. The Hall–Kier alpha value is -0.850. The standard InChI is InChI=1S/C15H25N3O2.2ClH/c1-11-5-7-12(8-6-11)14(18(2)3)9-17-15(19)13(16)10-20-4;;/h5-8,13-14H,9-10,16H2,1-4H3,(H,17,19);2*1H. The molecule has 0 heterocycles. The van der Waals surface area contributed by atoms with Gasteiger partial charge < -0.3 is 20.7 Å². The van der Waals surface area contributed by atoms with Gasteiger partial charge in [-0.2, -0.15) is 0 Å². The van der Waals surface area contributed by atoms with Crippen LogP contribution in [0.5, 0.6) is 0 Å². The average molecular weight is 352 g/mol. The van der Waals surface area contributed by atoms with E-state index in [0.29, 0.717) is 6.54 Å². The number of methoxy groups -OCH3 is 1. The van der Waals surface area contributed by atoms with Gasteiger partial charge in [-0.15, -0.1) is 24.8 Å². The van der Waals surface area contributed by atoms with Crippen LogP contribution in [0, 0.1) is 6.92 Å². The van der Waals surface area contributed by atoms with Crippen molar-refractivity contribution in [2.24, 2.45) is 5.73 Å². The molecule has 0 spiro atoms. The summed E-state index contributed by atoms with van der Waals surface area (Å²) in [5.41, 5.74) is 8.09. The largest absolute Gasteiger partial charge is 0.383 e. The molecule has 3 N–H and O–H groups in total. The number of nitrogens with two attached hydrogens (primary N) is 1. The predicted octanol–water partition coefficient (Wildman–Crippen LogP) is 1.53. The van der Waals surface area contributed by atoms with E-state index in [1.807, 2.05) is 14.1 Å². The first kappa shape index (κ1) is 23.4. The number of aryl methyl sites for hydroxylation is 1. The normalized spacial score (nSPS) is 12.8. The maximum Gasteiger partial charge on any atom is 0.239 e. The van der Waals surface area contributed by atoms with Crippen LogP contribution in [0.25, 0.3) is 0 Å². The first-order valence-electron chi connectivity index (χ1n) is 6.71. The zero-order chi connectivity index (χ0) is 15.1. The lowest BCUT2D eigenvalue weighted by atomic mass is 10.0. The Morgan fingerprint density at radius 3 is 2.27 bits per heavy atom. The lowest BCUT2D eigenvalue weighted by molar-refractivity contribution is -0.123. The zero-order valence-corrected chi connectivity index (χ0v) is 15.2. The number of amides is 1. The van der Waals surface area contributed by atoms with Crippen molar-refractivity contribution < 1.29 is 9.53 Å². The minimum atomic E-state index is -0.624. The van der Waals surface area contributed by atoms with Crippen molar-refractivity contribution in [2.75, 3.05) is 34.4 Å². The Bertz CT molecular complexity index is 427. The number of hydrogen-bond acceptors (Lipinski definition) is 4. The van der Waals surface area contributed by atoms with Gasteiger partial charge in [-0.25, -0.2) is 0 Å². The van der Waals surface area contributed by atoms with Crippen molar-refractivity contribution in [2.45, 2.75) is 19.0 Å². The van der Waals surface area contributed by atoms with Crippen LogP contribution in [0.3, 0.4) is 0 Å². The van der Waals surface area contributed by atoms with Gasteiger partial charge in [0.05, 0.1) is 12.6 Å². The summed E-state index contributed by atoms with van der Waals surface area (Å²) in [6, 6.07) is 7.81. The van der Waals surface area contributed by atoms with Crippen LogP contribution in [0.4, 0.5) is 0 Å². The van der Waals surface area contributed by atoms with E-state index in [9.17, 15) is 4.79 Å². The van der Waals surface area contributed by atoms with E-state index >= 15 is 0 Å². The lowest BCUT2D eigenvalue weighted by Gasteiger charge is -2.26. The lowest BCUT2D eigenvalue weighted by Crippen LogP contribution is -2.45. The van der Waals surface area contributed by atoms with Crippen molar-refractivity contribution in [3.8, 4) is 0 Å². The van der Waals surface area contributed by atoms with Crippen LogP contribution in [0.1, 0.15) is 17.2 Å². The van der Waals surface area contributed by atoms with E-state index in [1.54, 1.807) is 0 Å². The highest BCUT2D eigenvalue weighted by Crippen LogP contribution is 2.17. The second-order valence-electron chi connectivity index (χ2n) is 5.20. The van der Waals surface area contributed by atoms with E-state index in [-0.39, 0.29) is 43.4 Å². The first-order chi connectivity index (χ1) is 9.45. The fraction of sp³-hybridized carbons (Fsp3) is 0.533. The maximum atomic E-state index is 11.8. The number of carbonyl (C=O) groups is 1. The van der Waals surface area contributed by atoms with Crippen LogP contribution in [-0.4, -0.2) is 51.2 Å². The van der Waals surface area contributed by atoms with Gasteiger partial charge in [0.1, 0.15) is 6.04 Å². The van der Waals surface area contributed by atoms with Crippen molar-refractivity contribution >= 4 is 30.7 Å². The van der Waals surface area contributed by atoms with Crippen molar-refractivity contribution in [3.05, 3.63) is 35.4 Å². The van der Waals surface area contributed by atoms with E-state index in [4.69, 9.17) is 10.5 Å². The molecular weight excluding hydrogens is 325 g/mol. The maximum absolute atomic E-state index is 11.8. The molecule has 1 rings (SSSR count). The van der Waals surface area contributed by atoms with E-state index in [2.05, 4.69) is 41.4 Å². The number of nitrogens with zero attached hydrogens (tertiary/aromatic N) is 1. The smallest absolute Gasteiger partial charge is 0.239 e. The Labute approximate surface area is 145 Å². The molecule has 0 radical (unpaired) electrons. The third-order valence-corrected chi connectivity index (χ3v) is 3.24. The van der Waals surface area contributed by atoms with Crippen LogP contribution in [0.15, 0.2) is 24.3 Å². The average Bonchev–Trinajstić information content (AvgIpc) is 2.40. The molecule has 7 heteroatoms. The summed E-state index contributed by atoms with van der Waals surface area (Å²) in [5, 5.41) is 2.88. The highest BCUT2D eigenvalue weighted by molar-refractivity contribution is 5.85. The molecule has 2 atom stereocenters. The van der Waals surface area contributed by atoms with Gasteiger partial charge in [0.15, 0.2) is 0 Å². The van der Waals surface area contributed by atoms with Gasteiger partial charge in [0, 0.05) is 13.7 Å². The van der Waals surface area contributed by atoms with Gasteiger partial charge in [-0.3, -0.25) is 4.79 Å². The molecule has 0 aliphatic carbocycles. The third-order valence-electron chi connectivity index (χ3n) is 3.24. The molecule has 22 heavy (non-hydrogen) atoms. The number of rotatable bonds is 7. The summed E-state index contributed by atoms with van der Waals surface area (Å²) in [7, 11) is 5.51. The van der Waals surface area contributed by atoms with Crippen molar-refractivity contribution in [1.82, 2.24) is 10.2 Å². The van der Waals surface area contributed by atoms with Gasteiger partial charge in [0.2, 0.25) is 5.91 Å². The molecule has 5 nitrogen and oxygen atoms in total. The number of hydrogen-bond donors (Lipinski definition) is 2. The highest BCUT2D eigenvalue weighted by atomic mass is 35.5. The van der Waals surface area contributed by atoms with Crippen molar-refractivity contribution in [1.29, 1.82) is 0 Å². The predicted molar refractivity (Wildman–Crippen MR) is 95.0 cm³/mol. The van der Waals surface area contributed by atoms with E-state index in [0.717, 1.165) is 0 Å². The molecule has 1 aromatic rings. The first-order valence-corrected chi connectivity index (χ1v) is 6.71. The number of nitrogens with one attached hydrogen (secondary N) is 1. The van der Waals surface area contributed by atoms with Crippen molar-refractivity contribution in [3.63, 3.8) is 0 Å². The number of likely N-dealkylation sites (N-methyl/N-ethyl adjacent to an activating group) is 1. The highest BCUT2D eigenvalue weighted by Gasteiger charge is 2.18. The Kier molecular flexibility index (Phi) is 12.4. The Morgan fingerprint density at radius 1 is 1.27 bits per heavy atom. The summed E-state index contributed by atoms with van der Waals surface area (Å²) in [5.74, 6) is -0.189. The molecule has 0 saturated heterocycles. The topological polar surface area (TPSA) is 67.6 Å². The molecule has 0 aliphatic rings. The third kappa shape index (κ3) is 7.42. The molecule has 128 valence electrons. The summed E-state index contributed by atoms with van der Waals surface area (Å²) in [6.07, 6.45) is 0. The van der Waals surface area contributed by atoms with Crippen LogP contribution in [-0.2, 0) is 9.53 Å². The molecule has 1 amide bonds. The van der Waals surface area contributed by atoms with E-state index in [1.165, 1.54) is 18.2 Å². The van der Waals surface area contributed by atoms with Crippen LogP contribution < -0.4 is 11.1 Å². The molecular formula is C15H27Cl2N3O2. The number of ether oxygens (including phenoxy) is 1. The second kappa shape index (κ2) is 11.7. The fourth-order valence-electron chi connectivity index (χ4n) is 1.97. The fourth-order valence-corrected chi connectivity index (χ4v) is 1.97. The molecule has 0 saturated carbocycles. The SMILES string of the molecule is COCC(N)C(=O)NCC(c1ccc(C)cc1)N(C)C.Cl.Cl. The summed E-state index contributed by atoms with van der Waals surface area (Å²) < 4.78 is 4.88. The van der Waals surface area contributed by atoms with Gasteiger partial charge in [-0.05, 0) is 26.6 Å². The molecule has 0 bridgehead atoms. The van der Waals surface area contributed by atoms with Gasteiger partial charge >= 0.3 is 0 Å². The van der Waals surface area contributed by atoms with E-state index < -0.39 is 6.04 Å². The second-order valence-corrected chi connectivity index (χ2v) is 5.20. The minimum Gasteiger partial charge on any atom is -0.383 e. The summed E-state index contributed by atoms with van der Waals surface area (Å²) in [4.78, 5) is 13.9. The number of benzene rings is 1. The molecule has 0 aliphatic heterocycles. The Balaban J connectivity index is 0. The molecule has 0 aromatic heterocycles. The molecule has 0 fully saturated rings. The van der Waals surface area contributed by atoms with Crippen LogP contribution in [0.2, 0.25) is 0 Å². The molecule has 2 unspecified atom stereocenters. The monoisotopic (exact) mass is 351 g/mol. The minimum absolute atomic E-state index is 0. The van der Waals surface area contributed by atoms with Crippen LogP contribution >= 0.6 is 24.8 Å². The summed E-state index contributed by atoms with van der Waals surface area (Å²) >= 11 is 0. The Morgan fingerprint density at radius 2 is 1.82 bits per heavy atom. The quantitative estimate of drug-likeness (QED) is 0.781. The zero-order valence-electron chi connectivity index (χ0n) is 13.5. The summed E-state index contributed by atoms with van der Waals surface area (Å²) in [6.45, 7) is 2.80. The van der Waals surface area contributed by atoms with Gasteiger partial charge in [0.25, 0.3) is 0 Å². The number of carbonyl (C=O) groups excluding carboxylic acids is 1.